The number of nitrogens with zero attached hydrogens (tertiary/aromatic N) is 1. The van der Waals surface area contributed by atoms with Gasteiger partial charge in [0.05, 0.1) is 20.6 Å². The monoisotopic (exact) mass is 414 g/mol. The number of carbonyl (C=O) groups is 2. The van der Waals surface area contributed by atoms with Gasteiger partial charge in [-0.3, -0.25) is 9.59 Å². The van der Waals surface area contributed by atoms with Gasteiger partial charge < -0.3 is 19.7 Å². The van der Waals surface area contributed by atoms with E-state index in [0.29, 0.717) is 48.2 Å². The normalized spacial score (nSPS) is 14.3. The van der Waals surface area contributed by atoms with E-state index in [2.05, 4.69) is 5.32 Å². The Morgan fingerprint density at radius 2 is 1.77 bits per heavy atom. The van der Waals surface area contributed by atoms with Crippen LogP contribution in [0.4, 0.5) is 4.39 Å². The molecule has 0 aliphatic carbocycles. The lowest BCUT2D eigenvalue weighted by Gasteiger charge is -2.32. The van der Waals surface area contributed by atoms with Gasteiger partial charge >= 0.3 is 0 Å². The molecular weight excluding hydrogens is 387 g/mol. The van der Waals surface area contributed by atoms with Crippen LogP contribution in [-0.2, 0) is 11.2 Å². The number of hydrogen-bond acceptors (Lipinski definition) is 4. The van der Waals surface area contributed by atoms with E-state index in [4.69, 9.17) is 9.47 Å². The van der Waals surface area contributed by atoms with Crippen LogP contribution in [0.3, 0.4) is 0 Å². The first-order chi connectivity index (χ1) is 14.5. The van der Waals surface area contributed by atoms with Crippen LogP contribution in [0.2, 0.25) is 0 Å². The first-order valence-corrected chi connectivity index (χ1v) is 10.0. The third-order valence-electron chi connectivity index (χ3n) is 5.46. The highest BCUT2D eigenvalue weighted by Gasteiger charge is 2.24. The molecule has 0 unspecified atom stereocenters. The third kappa shape index (κ3) is 5.28. The van der Waals surface area contributed by atoms with Crippen molar-refractivity contribution < 1.29 is 23.5 Å². The molecular formula is C23H27FN2O4. The molecule has 0 saturated carbocycles. The Balaban J connectivity index is 1.46. The number of nitrogens with one attached hydrogen (secondary N) is 1. The van der Waals surface area contributed by atoms with Crippen LogP contribution in [0.25, 0.3) is 0 Å². The largest absolute Gasteiger partial charge is 0.493 e. The first-order valence-electron chi connectivity index (χ1n) is 10.0. The molecule has 0 radical (unpaired) electrons. The number of ether oxygens (including phenoxy) is 2. The van der Waals surface area contributed by atoms with Crippen molar-refractivity contribution in [3.8, 4) is 11.5 Å². The number of amides is 2. The molecule has 1 aliphatic rings. The molecule has 0 aromatic heterocycles. The molecule has 3 rings (SSSR count). The van der Waals surface area contributed by atoms with Crippen LogP contribution < -0.4 is 14.8 Å². The van der Waals surface area contributed by atoms with Gasteiger partial charge in [0, 0.05) is 25.2 Å². The maximum atomic E-state index is 13.8. The zero-order valence-electron chi connectivity index (χ0n) is 17.3. The zero-order chi connectivity index (χ0) is 21.5. The molecule has 1 aliphatic heterocycles. The fourth-order valence-corrected chi connectivity index (χ4v) is 3.62. The number of likely N-dealkylation sites (tertiary alicyclic amines) is 1. The van der Waals surface area contributed by atoms with E-state index >= 15 is 0 Å². The summed E-state index contributed by atoms with van der Waals surface area (Å²) in [6.07, 6.45) is 1.68. The van der Waals surface area contributed by atoms with Gasteiger partial charge in [-0.2, -0.15) is 0 Å². The number of carbonyl (C=O) groups excluding carboxylic acids is 2. The second-order valence-corrected chi connectivity index (χ2v) is 7.37. The van der Waals surface area contributed by atoms with Gasteiger partial charge in [0.2, 0.25) is 5.91 Å². The van der Waals surface area contributed by atoms with Crippen LogP contribution in [0.5, 0.6) is 11.5 Å². The number of halogens is 1. The second kappa shape index (κ2) is 10.1. The van der Waals surface area contributed by atoms with Crippen LogP contribution in [-0.4, -0.2) is 50.6 Å². The Bertz CT molecular complexity index is 895. The molecule has 160 valence electrons. The van der Waals surface area contributed by atoms with Gasteiger partial charge in [-0.05, 0) is 48.6 Å². The molecule has 0 bridgehead atoms. The molecule has 1 fully saturated rings. The van der Waals surface area contributed by atoms with Crippen LogP contribution in [0, 0.1) is 11.7 Å². The van der Waals surface area contributed by atoms with Crippen LogP contribution in [0.1, 0.15) is 28.8 Å². The summed E-state index contributed by atoms with van der Waals surface area (Å²) in [7, 11) is 3.08. The fourth-order valence-electron chi connectivity index (χ4n) is 3.62. The van der Waals surface area contributed by atoms with Crippen molar-refractivity contribution in [2.45, 2.75) is 19.3 Å². The average Bonchev–Trinajstić information content (AvgIpc) is 2.78. The average molecular weight is 414 g/mol. The van der Waals surface area contributed by atoms with E-state index in [0.717, 1.165) is 12.8 Å². The van der Waals surface area contributed by atoms with Gasteiger partial charge in [0.25, 0.3) is 5.91 Å². The van der Waals surface area contributed by atoms with Gasteiger partial charge in [-0.1, -0.05) is 18.2 Å². The maximum Gasteiger partial charge on any atom is 0.251 e. The summed E-state index contributed by atoms with van der Waals surface area (Å²) in [5, 5.41) is 2.96. The van der Waals surface area contributed by atoms with Gasteiger partial charge in [-0.15, -0.1) is 0 Å². The minimum absolute atomic E-state index is 0.0621. The standard InChI is InChI=1S/C23H27FN2O4/c1-29-20-8-7-18(13-21(20)30-2)23(28)25-15-16-9-11-26(12-10-16)22(27)14-17-5-3-4-6-19(17)24/h3-8,13,16H,9-12,14-15H2,1-2H3,(H,25,28). The van der Waals surface area contributed by atoms with Crippen LogP contribution in [0.15, 0.2) is 42.5 Å². The Morgan fingerprint density at radius 3 is 2.43 bits per heavy atom. The topological polar surface area (TPSA) is 67.9 Å². The SMILES string of the molecule is COc1ccc(C(=O)NCC2CCN(C(=O)Cc3ccccc3F)CC2)cc1OC. The summed E-state index contributed by atoms with van der Waals surface area (Å²) in [4.78, 5) is 26.7. The molecule has 2 amide bonds. The fraction of sp³-hybridized carbons (Fsp3) is 0.391. The Labute approximate surface area is 176 Å². The summed E-state index contributed by atoms with van der Waals surface area (Å²) < 4.78 is 24.2. The smallest absolute Gasteiger partial charge is 0.251 e. The molecule has 1 N–H and O–H groups in total. The molecule has 30 heavy (non-hydrogen) atoms. The van der Waals surface area contributed by atoms with E-state index in [1.54, 1.807) is 48.4 Å². The number of hydrogen-bond donors (Lipinski definition) is 1. The first kappa shape index (κ1) is 21.6. The van der Waals surface area contributed by atoms with E-state index in [-0.39, 0.29) is 24.1 Å². The highest BCUT2D eigenvalue weighted by Crippen LogP contribution is 2.27. The predicted molar refractivity (Wildman–Crippen MR) is 111 cm³/mol. The molecule has 6 nitrogen and oxygen atoms in total. The highest BCUT2D eigenvalue weighted by molar-refractivity contribution is 5.94. The highest BCUT2D eigenvalue weighted by atomic mass is 19.1. The zero-order valence-corrected chi connectivity index (χ0v) is 17.3. The van der Waals surface area contributed by atoms with Crippen LogP contribution >= 0.6 is 0 Å². The molecule has 0 atom stereocenters. The number of methoxy groups -OCH3 is 2. The van der Waals surface area contributed by atoms with Crippen molar-refractivity contribution in [2.75, 3.05) is 33.9 Å². The summed E-state index contributed by atoms with van der Waals surface area (Å²) in [5.74, 6) is 0.792. The lowest BCUT2D eigenvalue weighted by molar-refractivity contribution is -0.131. The predicted octanol–water partition coefficient (Wildman–Crippen LogP) is 3.05. The summed E-state index contributed by atoms with van der Waals surface area (Å²) in [5.41, 5.74) is 0.928. The molecule has 2 aromatic rings. The third-order valence-corrected chi connectivity index (χ3v) is 5.46. The Morgan fingerprint density at radius 1 is 1.07 bits per heavy atom. The van der Waals surface area contributed by atoms with Gasteiger partial charge in [0.1, 0.15) is 5.82 Å². The van der Waals surface area contributed by atoms with Crippen molar-refractivity contribution in [1.82, 2.24) is 10.2 Å². The van der Waals surface area contributed by atoms with Crippen molar-refractivity contribution in [3.63, 3.8) is 0 Å². The molecule has 0 spiro atoms. The maximum absolute atomic E-state index is 13.8. The number of benzene rings is 2. The van der Waals surface area contributed by atoms with Crippen molar-refractivity contribution in [3.05, 3.63) is 59.4 Å². The van der Waals surface area contributed by atoms with E-state index in [1.807, 2.05) is 0 Å². The number of rotatable bonds is 7. The molecule has 2 aromatic carbocycles. The summed E-state index contributed by atoms with van der Waals surface area (Å²) in [6, 6.07) is 11.4. The van der Waals surface area contributed by atoms with E-state index in [1.165, 1.54) is 13.2 Å². The molecule has 1 saturated heterocycles. The van der Waals surface area contributed by atoms with Gasteiger partial charge in [0.15, 0.2) is 11.5 Å². The summed E-state index contributed by atoms with van der Waals surface area (Å²) >= 11 is 0. The Hall–Kier alpha value is -3.09. The van der Waals surface area contributed by atoms with Gasteiger partial charge in [-0.25, -0.2) is 4.39 Å². The summed E-state index contributed by atoms with van der Waals surface area (Å²) in [6.45, 7) is 1.77. The number of piperidine rings is 1. The minimum atomic E-state index is -0.349. The van der Waals surface area contributed by atoms with E-state index in [9.17, 15) is 14.0 Å². The molecule has 1 heterocycles. The quantitative estimate of drug-likeness (QED) is 0.756. The lowest BCUT2D eigenvalue weighted by atomic mass is 9.96. The Kier molecular flexibility index (Phi) is 7.27. The van der Waals surface area contributed by atoms with Crippen molar-refractivity contribution in [2.24, 2.45) is 5.92 Å². The second-order valence-electron chi connectivity index (χ2n) is 7.37. The minimum Gasteiger partial charge on any atom is -0.493 e. The van der Waals surface area contributed by atoms with Crippen molar-refractivity contribution in [1.29, 1.82) is 0 Å². The van der Waals surface area contributed by atoms with E-state index < -0.39 is 0 Å². The lowest BCUT2D eigenvalue weighted by Crippen LogP contribution is -2.42. The molecule has 7 heteroatoms. The van der Waals surface area contributed by atoms with Crippen molar-refractivity contribution >= 4 is 11.8 Å².